The third-order valence-electron chi connectivity index (χ3n) is 7.40. The van der Waals surface area contributed by atoms with Gasteiger partial charge in [0.15, 0.2) is 11.3 Å². The lowest BCUT2D eigenvalue weighted by Gasteiger charge is -2.27. The van der Waals surface area contributed by atoms with E-state index in [4.69, 9.17) is 14.4 Å². The number of amides is 1. The van der Waals surface area contributed by atoms with Gasteiger partial charge in [0.05, 0.1) is 36.3 Å². The molecule has 1 amide bonds. The lowest BCUT2D eigenvalue weighted by Crippen LogP contribution is -2.36. The maximum atomic E-state index is 13.1. The molecule has 0 radical (unpaired) electrons. The van der Waals surface area contributed by atoms with E-state index in [1.165, 1.54) is 0 Å². The molecule has 2 N–H and O–H groups in total. The van der Waals surface area contributed by atoms with Crippen LogP contribution in [0.4, 0.5) is 11.6 Å². The van der Waals surface area contributed by atoms with Crippen LogP contribution in [0.3, 0.4) is 0 Å². The van der Waals surface area contributed by atoms with E-state index in [2.05, 4.69) is 33.7 Å². The van der Waals surface area contributed by atoms with Gasteiger partial charge in [-0.15, -0.1) is 11.3 Å². The molecule has 1 fully saturated rings. The molecule has 2 aromatic heterocycles. The van der Waals surface area contributed by atoms with Crippen molar-refractivity contribution < 1.29 is 13.9 Å². The SMILES string of the molecule is N#CC1C=C(C(=O)Nc2ccc3sc4c(-c5cccc6c(=O)cc(N7CCOCC7)oc56)cccc4c3c2)NC1. The van der Waals surface area contributed by atoms with Crippen LogP contribution >= 0.6 is 11.3 Å². The fourth-order valence-corrected chi connectivity index (χ4v) is 6.59. The van der Waals surface area contributed by atoms with Gasteiger partial charge in [-0.25, -0.2) is 0 Å². The first kappa shape index (κ1) is 24.4. The van der Waals surface area contributed by atoms with Crippen LogP contribution in [0, 0.1) is 17.2 Å². The van der Waals surface area contributed by atoms with Gasteiger partial charge < -0.3 is 24.7 Å². The smallest absolute Gasteiger partial charge is 0.271 e. The van der Waals surface area contributed by atoms with Gasteiger partial charge in [0.25, 0.3) is 5.91 Å². The number of hydrogen-bond donors (Lipinski definition) is 2. The van der Waals surface area contributed by atoms with Crippen LogP contribution in [0.15, 0.2) is 81.6 Å². The Labute approximate surface area is 233 Å². The van der Waals surface area contributed by atoms with E-state index in [1.54, 1.807) is 29.5 Å². The Bertz CT molecular complexity index is 1940. The zero-order valence-corrected chi connectivity index (χ0v) is 22.2. The largest absolute Gasteiger partial charge is 0.440 e. The molecule has 2 aliphatic heterocycles. The molecule has 0 bridgehead atoms. The summed E-state index contributed by atoms with van der Waals surface area (Å²) in [6.07, 6.45) is 1.66. The second kappa shape index (κ2) is 9.83. The zero-order chi connectivity index (χ0) is 27.2. The third-order valence-corrected chi connectivity index (χ3v) is 8.62. The summed E-state index contributed by atoms with van der Waals surface area (Å²) < 4.78 is 14.0. The summed E-state index contributed by atoms with van der Waals surface area (Å²) >= 11 is 1.67. The molecule has 1 unspecified atom stereocenters. The number of ether oxygens (including phenoxy) is 1. The summed E-state index contributed by atoms with van der Waals surface area (Å²) in [6.45, 7) is 2.99. The highest BCUT2D eigenvalue weighted by Crippen LogP contribution is 2.42. The van der Waals surface area contributed by atoms with Gasteiger partial charge in [0.2, 0.25) is 0 Å². The average molecular weight is 549 g/mol. The van der Waals surface area contributed by atoms with Crippen LogP contribution in [0.1, 0.15) is 0 Å². The number of hydrogen-bond acceptors (Lipinski definition) is 8. The minimum atomic E-state index is -0.300. The van der Waals surface area contributed by atoms with Crippen molar-refractivity contribution in [3.8, 4) is 17.2 Å². The van der Waals surface area contributed by atoms with Crippen molar-refractivity contribution in [1.82, 2.24) is 5.32 Å². The zero-order valence-electron chi connectivity index (χ0n) is 21.4. The molecule has 8 nitrogen and oxygen atoms in total. The van der Waals surface area contributed by atoms with Crippen molar-refractivity contribution in [2.45, 2.75) is 0 Å². The molecule has 198 valence electrons. The third kappa shape index (κ3) is 4.18. The fourth-order valence-electron chi connectivity index (χ4n) is 5.38. The molecule has 40 heavy (non-hydrogen) atoms. The molecule has 7 rings (SSSR count). The number of morpholine rings is 1. The number of thiophene rings is 1. The van der Waals surface area contributed by atoms with Crippen LogP contribution in [0.25, 0.3) is 42.3 Å². The van der Waals surface area contributed by atoms with Crippen molar-refractivity contribution in [1.29, 1.82) is 5.26 Å². The molecular formula is C31H24N4O4S. The van der Waals surface area contributed by atoms with Crippen molar-refractivity contribution in [3.05, 3.63) is 82.7 Å². The highest BCUT2D eigenvalue weighted by atomic mass is 32.1. The monoisotopic (exact) mass is 548 g/mol. The second-order valence-corrected chi connectivity index (χ2v) is 10.9. The van der Waals surface area contributed by atoms with Crippen molar-refractivity contribution in [2.24, 2.45) is 5.92 Å². The van der Waals surface area contributed by atoms with Gasteiger partial charge in [0, 0.05) is 62.7 Å². The normalized spacial score (nSPS) is 17.1. The van der Waals surface area contributed by atoms with E-state index < -0.39 is 0 Å². The number of carbonyl (C=O) groups is 1. The summed E-state index contributed by atoms with van der Waals surface area (Å²) in [5.74, 6) is -0.00444. The van der Waals surface area contributed by atoms with Gasteiger partial charge in [-0.05, 0) is 30.3 Å². The number of carbonyl (C=O) groups excluding carboxylic acids is 1. The molecule has 0 aliphatic carbocycles. The van der Waals surface area contributed by atoms with Crippen LogP contribution in [-0.4, -0.2) is 38.8 Å². The summed E-state index contributed by atoms with van der Waals surface area (Å²) in [5, 5.41) is 17.7. The summed E-state index contributed by atoms with van der Waals surface area (Å²) in [4.78, 5) is 27.9. The van der Waals surface area contributed by atoms with E-state index in [9.17, 15) is 9.59 Å². The lowest BCUT2D eigenvalue weighted by molar-refractivity contribution is -0.113. The molecule has 9 heteroatoms. The minimum absolute atomic E-state index is 0.0681. The van der Waals surface area contributed by atoms with Crippen molar-refractivity contribution >= 4 is 60.0 Å². The van der Waals surface area contributed by atoms with Crippen LogP contribution in [-0.2, 0) is 9.53 Å². The quantitative estimate of drug-likeness (QED) is 0.317. The Balaban J connectivity index is 1.31. The molecule has 0 saturated carbocycles. The van der Waals surface area contributed by atoms with Crippen molar-refractivity contribution in [3.63, 3.8) is 0 Å². The lowest BCUT2D eigenvalue weighted by atomic mass is 10.0. The van der Waals surface area contributed by atoms with E-state index in [0.29, 0.717) is 61.1 Å². The summed E-state index contributed by atoms with van der Waals surface area (Å²) in [7, 11) is 0. The number of benzene rings is 3. The number of rotatable bonds is 4. The number of nitrogens with one attached hydrogen (secondary N) is 2. The predicted octanol–water partition coefficient (Wildman–Crippen LogP) is 5.23. The Hall–Kier alpha value is -4.65. The first-order chi connectivity index (χ1) is 19.6. The number of nitrogens with zero attached hydrogens (tertiary/aromatic N) is 2. The Morgan fingerprint density at radius 2 is 1.82 bits per heavy atom. The van der Waals surface area contributed by atoms with Gasteiger partial charge in [0.1, 0.15) is 5.58 Å². The highest BCUT2D eigenvalue weighted by molar-refractivity contribution is 7.26. The van der Waals surface area contributed by atoms with Gasteiger partial charge >= 0.3 is 0 Å². The van der Waals surface area contributed by atoms with E-state index in [0.717, 1.165) is 31.3 Å². The number of nitriles is 1. The van der Waals surface area contributed by atoms with Gasteiger partial charge in [-0.3, -0.25) is 9.59 Å². The summed E-state index contributed by atoms with van der Waals surface area (Å²) in [6, 6.07) is 21.4. The molecular weight excluding hydrogens is 524 g/mol. The topological polar surface area (TPSA) is 108 Å². The molecule has 5 aromatic rings. The Kier molecular flexibility index (Phi) is 5.99. The molecule has 1 atom stereocenters. The number of anilines is 2. The number of fused-ring (bicyclic) bond motifs is 4. The summed E-state index contributed by atoms with van der Waals surface area (Å²) in [5.41, 5.74) is 3.44. The highest BCUT2D eigenvalue weighted by Gasteiger charge is 2.21. The van der Waals surface area contributed by atoms with Crippen LogP contribution in [0.5, 0.6) is 0 Å². The molecule has 3 aromatic carbocycles. The van der Waals surface area contributed by atoms with Crippen molar-refractivity contribution in [2.75, 3.05) is 43.1 Å². The maximum absolute atomic E-state index is 13.1. The fraction of sp³-hybridized carbons (Fsp3) is 0.194. The Morgan fingerprint density at radius 3 is 2.62 bits per heavy atom. The van der Waals surface area contributed by atoms with Crippen LogP contribution < -0.4 is 21.0 Å². The Morgan fingerprint density at radius 1 is 1.02 bits per heavy atom. The first-order valence-electron chi connectivity index (χ1n) is 13.1. The molecule has 0 spiro atoms. The van der Waals surface area contributed by atoms with Gasteiger partial charge in [-0.2, -0.15) is 5.26 Å². The van der Waals surface area contributed by atoms with E-state index in [-0.39, 0.29) is 17.3 Å². The standard InChI is InChI=1S/C31H24N4O4S/c32-16-18-13-25(33-17-18)31(37)34-19-7-8-27-24(14-19)22-5-2-4-21(30(22)40-27)20-3-1-6-23-26(36)15-28(39-29(20)23)35-9-11-38-12-10-35/h1-8,13-15,18,33H,9-12,17H2,(H,34,37). The van der Waals surface area contributed by atoms with E-state index >= 15 is 0 Å². The average Bonchev–Trinajstić information content (AvgIpc) is 3.62. The second-order valence-electron chi connectivity index (χ2n) is 9.88. The number of para-hydroxylation sites is 1. The molecule has 4 heterocycles. The minimum Gasteiger partial charge on any atom is -0.440 e. The molecule has 1 saturated heterocycles. The molecule has 2 aliphatic rings. The van der Waals surface area contributed by atoms with E-state index in [1.807, 2.05) is 36.4 Å². The predicted molar refractivity (Wildman–Crippen MR) is 158 cm³/mol. The van der Waals surface area contributed by atoms with Gasteiger partial charge in [-0.1, -0.05) is 30.3 Å². The maximum Gasteiger partial charge on any atom is 0.271 e. The first-order valence-corrected chi connectivity index (χ1v) is 13.9. The van der Waals surface area contributed by atoms with Crippen LogP contribution in [0.2, 0.25) is 0 Å².